The Kier molecular flexibility index (Phi) is 4.11. The fourth-order valence-corrected chi connectivity index (χ4v) is 2.47. The minimum atomic E-state index is -3.31. The molecule has 0 aliphatic carbocycles. The number of likely N-dealkylation sites (tertiary alicyclic amines) is 1. The van der Waals surface area contributed by atoms with E-state index in [1.54, 1.807) is 0 Å². The number of hydrogen-bond donors (Lipinski definition) is 2. The van der Waals surface area contributed by atoms with Crippen LogP contribution in [0.5, 0.6) is 0 Å². The molecule has 0 unspecified atom stereocenters. The van der Waals surface area contributed by atoms with Crippen LogP contribution in [-0.2, 0) is 10.2 Å². The first-order valence-corrected chi connectivity index (χ1v) is 6.79. The first-order chi connectivity index (χ1) is 6.87. The zero-order valence-electron chi connectivity index (χ0n) is 9.71. The third-order valence-electron chi connectivity index (χ3n) is 2.93. The van der Waals surface area contributed by atoms with Gasteiger partial charge in [-0.1, -0.05) is 0 Å². The average molecular weight is 235 g/mol. The average Bonchev–Trinajstić information content (AvgIpc) is 2.69. The van der Waals surface area contributed by atoms with Crippen LogP contribution in [0, 0.1) is 0 Å². The van der Waals surface area contributed by atoms with Crippen LogP contribution in [-0.4, -0.2) is 45.5 Å². The quantitative estimate of drug-likeness (QED) is 0.700. The number of rotatable bonds is 5. The van der Waals surface area contributed by atoms with Crippen molar-refractivity contribution in [2.75, 3.05) is 26.7 Å². The molecule has 0 spiro atoms. The summed E-state index contributed by atoms with van der Waals surface area (Å²) in [5, 5.41) is 0. The van der Waals surface area contributed by atoms with Gasteiger partial charge in [0.05, 0.1) is 0 Å². The molecule has 1 saturated heterocycles. The largest absolute Gasteiger partial charge is 0.297 e. The smallest absolute Gasteiger partial charge is 0.276 e. The SMILES string of the molecule is CNS(=O)(=O)NCC(C)(C)N1CCCC1. The molecule has 6 heteroatoms. The van der Waals surface area contributed by atoms with Gasteiger partial charge in [0.15, 0.2) is 0 Å². The summed E-state index contributed by atoms with van der Waals surface area (Å²) in [4.78, 5) is 2.32. The van der Waals surface area contributed by atoms with Crippen molar-refractivity contribution in [1.29, 1.82) is 0 Å². The molecule has 0 saturated carbocycles. The lowest BCUT2D eigenvalue weighted by Crippen LogP contribution is -2.51. The summed E-state index contributed by atoms with van der Waals surface area (Å²) in [6.07, 6.45) is 2.42. The topological polar surface area (TPSA) is 61.4 Å². The van der Waals surface area contributed by atoms with E-state index >= 15 is 0 Å². The van der Waals surface area contributed by atoms with E-state index in [-0.39, 0.29) is 5.54 Å². The lowest BCUT2D eigenvalue weighted by molar-refractivity contribution is 0.158. The Balaban J connectivity index is 2.49. The van der Waals surface area contributed by atoms with E-state index in [9.17, 15) is 8.42 Å². The maximum Gasteiger partial charge on any atom is 0.276 e. The van der Waals surface area contributed by atoms with Crippen molar-refractivity contribution in [1.82, 2.24) is 14.3 Å². The minimum Gasteiger partial charge on any atom is -0.297 e. The Morgan fingerprint density at radius 2 is 1.80 bits per heavy atom. The highest BCUT2D eigenvalue weighted by Gasteiger charge is 2.29. The van der Waals surface area contributed by atoms with Crippen molar-refractivity contribution in [3.8, 4) is 0 Å². The molecule has 0 aromatic heterocycles. The van der Waals surface area contributed by atoms with E-state index in [4.69, 9.17) is 0 Å². The van der Waals surface area contributed by atoms with E-state index in [1.807, 2.05) is 0 Å². The van der Waals surface area contributed by atoms with Gasteiger partial charge in [-0.25, -0.2) is 9.44 Å². The monoisotopic (exact) mass is 235 g/mol. The molecule has 1 heterocycles. The first-order valence-electron chi connectivity index (χ1n) is 5.30. The normalized spacial score (nSPS) is 19.7. The van der Waals surface area contributed by atoms with E-state index in [0.29, 0.717) is 6.54 Å². The van der Waals surface area contributed by atoms with Crippen molar-refractivity contribution in [3.05, 3.63) is 0 Å². The highest BCUT2D eigenvalue weighted by molar-refractivity contribution is 7.87. The van der Waals surface area contributed by atoms with Crippen LogP contribution in [0.1, 0.15) is 26.7 Å². The summed E-state index contributed by atoms with van der Waals surface area (Å²) in [6, 6.07) is 0. The summed E-state index contributed by atoms with van der Waals surface area (Å²) in [5.74, 6) is 0. The van der Waals surface area contributed by atoms with Gasteiger partial charge >= 0.3 is 0 Å². The highest BCUT2D eigenvalue weighted by Crippen LogP contribution is 2.20. The van der Waals surface area contributed by atoms with Gasteiger partial charge in [0.2, 0.25) is 0 Å². The van der Waals surface area contributed by atoms with Crippen LogP contribution in [0.2, 0.25) is 0 Å². The molecule has 5 nitrogen and oxygen atoms in total. The zero-order chi connectivity index (χ0) is 11.5. The summed E-state index contributed by atoms with van der Waals surface area (Å²) in [7, 11) is -1.90. The van der Waals surface area contributed by atoms with Crippen LogP contribution >= 0.6 is 0 Å². The maximum atomic E-state index is 11.2. The fraction of sp³-hybridized carbons (Fsp3) is 1.00. The van der Waals surface area contributed by atoms with Gasteiger partial charge in [0.1, 0.15) is 0 Å². The number of nitrogens with one attached hydrogen (secondary N) is 2. The minimum absolute atomic E-state index is 0.111. The van der Waals surface area contributed by atoms with Crippen LogP contribution in [0.25, 0.3) is 0 Å². The Bertz CT molecular complexity index is 294. The lowest BCUT2D eigenvalue weighted by Gasteiger charge is -2.35. The Morgan fingerprint density at radius 3 is 2.27 bits per heavy atom. The van der Waals surface area contributed by atoms with Gasteiger partial charge in [-0.05, 0) is 39.8 Å². The van der Waals surface area contributed by atoms with Gasteiger partial charge in [-0.2, -0.15) is 8.42 Å². The molecule has 0 bridgehead atoms. The Morgan fingerprint density at radius 1 is 1.27 bits per heavy atom. The van der Waals surface area contributed by atoms with Gasteiger partial charge < -0.3 is 0 Å². The molecule has 0 atom stereocenters. The molecule has 0 aromatic rings. The fourth-order valence-electron chi connectivity index (χ4n) is 1.78. The van der Waals surface area contributed by atoms with Crippen molar-refractivity contribution in [2.45, 2.75) is 32.2 Å². The molecule has 1 fully saturated rings. The molecule has 0 radical (unpaired) electrons. The number of nitrogens with zero attached hydrogens (tertiary/aromatic N) is 1. The molecular formula is C9H21N3O2S. The third-order valence-corrected chi connectivity index (χ3v) is 3.99. The zero-order valence-corrected chi connectivity index (χ0v) is 10.5. The predicted molar refractivity (Wildman–Crippen MR) is 60.9 cm³/mol. The molecule has 1 rings (SSSR count). The van der Waals surface area contributed by atoms with Crippen LogP contribution < -0.4 is 9.44 Å². The van der Waals surface area contributed by atoms with Gasteiger partial charge in [-0.3, -0.25) is 4.90 Å². The molecule has 1 aliphatic rings. The second kappa shape index (κ2) is 4.78. The Hall–Kier alpha value is -0.170. The van der Waals surface area contributed by atoms with Gasteiger partial charge in [-0.15, -0.1) is 0 Å². The molecule has 0 amide bonds. The molecule has 2 N–H and O–H groups in total. The van der Waals surface area contributed by atoms with Crippen LogP contribution in [0.3, 0.4) is 0 Å². The van der Waals surface area contributed by atoms with Gasteiger partial charge in [0, 0.05) is 19.1 Å². The number of hydrogen-bond acceptors (Lipinski definition) is 3. The summed E-state index contributed by atoms with van der Waals surface area (Å²) < 4.78 is 27.2. The maximum absolute atomic E-state index is 11.2. The molecule has 0 aromatic carbocycles. The predicted octanol–water partition coefficient (Wildman–Crippen LogP) is -0.0854. The Labute approximate surface area is 92.4 Å². The molecule has 1 aliphatic heterocycles. The van der Waals surface area contributed by atoms with E-state index < -0.39 is 10.2 Å². The van der Waals surface area contributed by atoms with E-state index in [1.165, 1.54) is 19.9 Å². The molecule has 90 valence electrons. The van der Waals surface area contributed by atoms with Crippen LogP contribution in [0.4, 0.5) is 0 Å². The molecular weight excluding hydrogens is 214 g/mol. The lowest BCUT2D eigenvalue weighted by atomic mass is 10.0. The third kappa shape index (κ3) is 3.71. The van der Waals surface area contributed by atoms with Gasteiger partial charge in [0.25, 0.3) is 10.2 Å². The molecule has 15 heavy (non-hydrogen) atoms. The standard InChI is InChI=1S/C9H21N3O2S/c1-9(2,12-6-4-5-7-12)8-11-15(13,14)10-3/h10-11H,4-8H2,1-3H3. The first kappa shape index (κ1) is 12.9. The summed E-state index contributed by atoms with van der Waals surface area (Å²) in [6.45, 7) is 6.70. The second-order valence-electron chi connectivity index (χ2n) is 4.54. The second-order valence-corrected chi connectivity index (χ2v) is 6.24. The summed E-state index contributed by atoms with van der Waals surface area (Å²) >= 11 is 0. The van der Waals surface area contributed by atoms with E-state index in [0.717, 1.165) is 13.1 Å². The highest BCUT2D eigenvalue weighted by atomic mass is 32.2. The van der Waals surface area contributed by atoms with Crippen molar-refractivity contribution >= 4 is 10.2 Å². The summed E-state index contributed by atoms with van der Waals surface area (Å²) in [5.41, 5.74) is -0.111. The van der Waals surface area contributed by atoms with Crippen LogP contribution in [0.15, 0.2) is 0 Å². The van der Waals surface area contributed by atoms with Crippen molar-refractivity contribution < 1.29 is 8.42 Å². The van der Waals surface area contributed by atoms with Crippen molar-refractivity contribution in [2.24, 2.45) is 0 Å². The van der Waals surface area contributed by atoms with Crippen molar-refractivity contribution in [3.63, 3.8) is 0 Å². The van der Waals surface area contributed by atoms with E-state index in [2.05, 4.69) is 28.2 Å².